The lowest BCUT2D eigenvalue weighted by molar-refractivity contribution is 0.0617. The van der Waals surface area contributed by atoms with E-state index in [1.807, 2.05) is 4.90 Å². The first-order valence-electron chi connectivity index (χ1n) is 6.34. The van der Waals surface area contributed by atoms with Gasteiger partial charge in [0.2, 0.25) is 0 Å². The van der Waals surface area contributed by atoms with E-state index in [9.17, 15) is 4.79 Å². The lowest BCUT2D eigenvalue weighted by atomic mass is 9.94. The fourth-order valence-electron chi connectivity index (χ4n) is 2.50. The fraction of sp³-hybridized carbons (Fsp3) is 0.615. The third kappa shape index (κ3) is 3.38. The molecule has 0 N–H and O–H groups in total. The van der Waals surface area contributed by atoms with Crippen LogP contribution in [0.1, 0.15) is 42.7 Å². The number of furan rings is 1. The van der Waals surface area contributed by atoms with Crippen molar-refractivity contribution in [2.24, 2.45) is 0 Å². The number of halogens is 2. The van der Waals surface area contributed by atoms with Crippen LogP contribution < -0.4 is 0 Å². The fourth-order valence-corrected chi connectivity index (χ4v) is 3.19. The highest BCUT2D eigenvalue weighted by molar-refractivity contribution is 9.10. The smallest absolute Gasteiger partial charge is 0.289 e. The Morgan fingerprint density at radius 2 is 2.06 bits per heavy atom. The molecule has 2 rings (SSSR count). The first-order chi connectivity index (χ1) is 8.72. The van der Waals surface area contributed by atoms with E-state index in [4.69, 9.17) is 4.42 Å². The summed E-state index contributed by atoms with van der Waals surface area (Å²) >= 11 is 6.67. The van der Waals surface area contributed by atoms with Crippen molar-refractivity contribution in [2.75, 3.05) is 11.9 Å². The number of carbonyl (C=O) groups is 1. The first-order valence-corrected chi connectivity index (χ1v) is 8.26. The van der Waals surface area contributed by atoms with Gasteiger partial charge in [0.15, 0.2) is 10.4 Å². The number of hydrogen-bond donors (Lipinski definition) is 0. The van der Waals surface area contributed by atoms with Crippen LogP contribution >= 0.6 is 31.9 Å². The predicted molar refractivity (Wildman–Crippen MR) is 78.1 cm³/mol. The van der Waals surface area contributed by atoms with Crippen LogP contribution in [0.5, 0.6) is 0 Å². The zero-order chi connectivity index (χ0) is 13.0. The molecule has 0 radical (unpaired) electrons. The summed E-state index contributed by atoms with van der Waals surface area (Å²) in [7, 11) is 0. The van der Waals surface area contributed by atoms with Gasteiger partial charge in [0.25, 0.3) is 5.91 Å². The van der Waals surface area contributed by atoms with Crippen LogP contribution in [0.3, 0.4) is 0 Å². The molecule has 0 unspecified atom stereocenters. The Hall–Kier alpha value is -0.290. The van der Waals surface area contributed by atoms with Crippen molar-refractivity contribution < 1.29 is 9.21 Å². The molecular weight excluding hydrogens is 362 g/mol. The molecule has 0 saturated heterocycles. The molecule has 1 aliphatic rings. The summed E-state index contributed by atoms with van der Waals surface area (Å²) in [5.41, 5.74) is 0. The number of carbonyl (C=O) groups excluding carboxylic acids is 1. The Morgan fingerprint density at radius 1 is 1.33 bits per heavy atom. The van der Waals surface area contributed by atoms with Gasteiger partial charge in [-0.1, -0.05) is 35.2 Å². The van der Waals surface area contributed by atoms with Gasteiger partial charge in [-0.15, -0.1) is 0 Å². The number of rotatable bonds is 4. The van der Waals surface area contributed by atoms with Gasteiger partial charge in [-0.3, -0.25) is 4.79 Å². The van der Waals surface area contributed by atoms with Crippen molar-refractivity contribution in [3.05, 3.63) is 22.6 Å². The summed E-state index contributed by atoms with van der Waals surface area (Å²) in [6.45, 7) is 0.738. The molecule has 1 aromatic heterocycles. The minimum atomic E-state index is 0.00653. The lowest BCUT2D eigenvalue weighted by Gasteiger charge is -2.33. The molecular formula is C13H17Br2NO2. The van der Waals surface area contributed by atoms with Gasteiger partial charge in [-0.2, -0.15) is 0 Å². The molecule has 1 fully saturated rings. The van der Waals surface area contributed by atoms with Crippen molar-refractivity contribution in [1.82, 2.24) is 4.90 Å². The molecule has 0 atom stereocenters. The quantitative estimate of drug-likeness (QED) is 0.735. The van der Waals surface area contributed by atoms with Gasteiger partial charge in [0.1, 0.15) is 0 Å². The average molecular weight is 379 g/mol. The van der Waals surface area contributed by atoms with E-state index in [1.54, 1.807) is 12.1 Å². The van der Waals surface area contributed by atoms with Crippen LogP contribution in [0.2, 0.25) is 0 Å². The van der Waals surface area contributed by atoms with Crippen LogP contribution in [-0.4, -0.2) is 28.7 Å². The Bertz CT molecular complexity index is 399. The third-order valence-corrected chi connectivity index (χ3v) is 4.17. The van der Waals surface area contributed by atoms with Crippen LogP contribution in [0.4, 0.5) is 0 Å². The summed E-state index contributed by atoms with van der Waals surface area (Å²) in [6.07, 6.45) is 5.96. The van der Waals surface area contributed by atoms with Crippen molar-refractivity contribution in [2.45, 2.75) is 38.1 Å². The summed E-state index contributed by atoms with van der Waals surface area (Å²) in [5, 5.41) is 0.803. The van der Waals surface area contributed by atoms with Crippen molar-refractivity contribution in [3.63, 3.8) is 0 Å². The predicted octanol–water partition coefficient (Wildman–Crippen LogP) is 4.21. The van der Waals surface area contributed by atoms with Gasteiger partial charge in [0.05, 0.1) is 0 Å². The highest BCUT2D eigenvalue weighted by atomic mass is 79.9. The van der Waals surface area contributed by atoms with Crippen LogP contribution in [0.15, 0.2) is 21.2 Å². The topological polar surface area (TPSA) is 33.5 Å². The minimum absolute atomic E-state index is 0.00653. The van der Waals surface area contributed by atoms with E-state index in [0.717, 1.165) is 24.7 Å². The normalized spacial score (nSPS) is 16.8. The number of hydrogen-bond acceptors (Lipinski definition) is 2. The second kappa shape index (κ2) is 6.75. The SMILES string of the molecule is O=C(c1ccc(Br)o1)N(CCBr)C1CCCCC1. The van der Waals surface area contributed by atoms with Crippen LogP contribution in [-0.2, 0) is 0 Å². The van der Waals surface area contributed by atoms with Crippen molar-refractivity contribution in [3.8, 4) is 0 Å². The van der Waals surface area contributed by atoms with E-state index in [1.165, 1.54) is 19.3 Å². The second-order valence-electron chi connectivity index (χ2n) is 4.58. The number of amides is 1. The molecule has 18 heavy (non-hydrogen) atoms. The van der Waals surface area contributed by atoms with Crippen LogP contribution in [0.25, 0.3) is 0 Å². The van der Waals surface area contributed by atoms with E-state index in [-0.39, 0.29) is 5.91 Å². The average Bonchev–Trinajstić information content (AvgIpc) is 2.83. The summed E-state index contributed by atoms with van der Waals surface area (Å²) in [6, 6.07) is 3.87. The maximum Gasteiger partial charge on any atom is 0.289 e. The number of nitrogens with zero attached hydrogens (tertiary/aromatic N) is 1. The molecule has 100 valence electrons. The molecule has 0 spiro atoms. The van der Waals surface area contributed by atoms with Gasteiger partial charge >= 0.3 is 0 Å². The molecule has 1 aromatic rings. The largest absolute Gasteiger partial charge is 0.444 e. The zero-order valence-corrected chi connectivity index (χ0v) is 13.4. The molecule has 1 aliphatic carbocycles. The zero-order valence-electron chi connectivity index (χ0n) is 10.2. The van der Waals surface area contributed by atoms with E-state index in [2.05, 4.69) is 31.9 Å². The van der Waals surface area contributed by atoms with Crippen molar-refractivity contribution >= 4 is 37.8 Å². The second-order valence-corrected chi connectivity index (χ2v) is 6.16. The molecule has 1 heterocycles. The van der Waals surface area contributed by atoms with Gasteiger partial charge < -0.3 is 9.32 Å². The molecule has 0 aliphatic heterocycles. The van der Waals surface area contributed by atoms with Crippen LogP contribution in [0, 0.1) is 0 Å². The Balaban J connectivity index is 2.10. The molecule has 1 saturated carbocycles. The standard InChI is InChI=1S/C13H17Br2NO2/c14-8-9-16(10-4-2-1-3-5-10)13(17)11-6-7-12(15)18-11/h6-7,10H,1-5,8-9H2. The monoisotopic (exact) mass is 377 g/mol. The highest BCUT2D eigenvalue weighted by Crippen LogP contribution is 2.25. The highest BCUT2D eigenvalue weighted by Gasteiger charge is 2.27. The summed E-state index contributed by atoms with van der Waals surface area (Å²) in [5.74, 6) is 0.431. The molecule has 0 aromatic carbocycles. The van der Waals surface area contributed by atoms with Gasteiger partial charge in [-0.05, 0) is 40.9 Å². The Labute approximate surface area is 124 Å². The van der Waals surface area contributed by atoms with E-state index >= 15 is 0 Å². The third-order valence-electron chi connectivity index (χ3n) is 3.39. The summed E-state index contributed by atoms with van der Waals surface area (Å²) < 4.78 is 5.98. The van der Waals surface area contributed by atoms with E-state index in [0.29, 0.717) is 16.5 Å². The van der Waals surface area contributed by atoms with Gasteiger partial charge in [0, 0.05) is 17.9 Å². The number of alkyl halides is 1. The molecule has 0 bridgehead atoms. The molecule has 5 heteroatoms. The van der Waals surface area contributed by atoms with Gasteiger partial charge in [-0.25, -0.2) is 0 Å². The first kappa shape index (κ1) is 14.1. The lowest BCUT2D eigenvalue weighted by Crippen LogP contribution is -2.42. The Kier molecular flexibility index (Phi) is 5.30. The van der Waals surface area contributed by atoms with Crippen molar-refractivity contribution in [1.29, 1.82) is 0 Å². The summed E-state index contributed by atoms with van der Waals surface area (Å²) in [4.78, 5) is 14.4. The van der Waals surface area contributed by atoms with E-state index < -0.39 is 0 Å². The maximum absolute atomic E-state index is 12.4. The maximum atomic E-state index is 12.4. The molecule has 3 nitrogen and oxygen atoms in total. The minimum Gasteiger partial charge on any atom is -0.444 e. The molecule has 1 amide bonds. The Morgan fingerprint density at radius 3 is 2.61 bits per heavy atom.